The van der Waals surface area contributed by atoms with E-state index in [2.05, 4.69) is 10.1 Å². The number of carbonyl (C=O) groups is 3. The number of esters is 1. The van der Waals surface area contributed by atoms with Gasteiger partial charge in [0.05, 0.1) is 13.5 Å². The van der Waals surface area contributed by atoms with Crippen LogP contribution < -0.4 is 5.32 Å². The number of aliphatic carboxylic acids is 1. The third kappa shape index (κ3) is 3.84. The molecule has 1 saturated carbocycles. The molecule has 0 heterocycles. The van der Waals surface area contributed by atoms with Crippen molar-refractivity contribution >= 4 is 18.0 Å². The number of ether oxygens (including phenoxy) is 2. The van der Waals surface area contributed by atoms with Gasteiger partial charge in [0, 0.05) is 5.92 Å². The summed E-state index contributed by atoms with van der Waals surface area (Å²) in [6.07, 6.45) is -0.721. The molecule has 7 heteroatoms. The van der Waals surface area contributed by atoms with Gasteiger partial charge in [-0.25, -0.2) is 9.59 Å². The quantitative estimate of drug-likeness (QED) is 0.738. The maximum absolute atomic E-state index is 11.7. The van der Waals surface area contributed by atoms with Gasteiger partial charge in [-0.15, -0.1) is 0 Å². The van der Waals surface area contributed by atoms with Crippen LogP contribution in [-0.2, 0) is 19.1 Å². The molecule has 1 amide bonds. The third-order valence-electron chi connectivity index (χ3n) is 2.80. The van der Waals surface area contributed by atoms with Gasteiger partial charge in [0.25, 0.3) is 0 Å². The van der Waals surface area contributed by atoms with Gasteiger partial charge in [-0.1, -0.05) is 0 Å². The fourth-order valence-corrected chi connectivity index (χ4v) is 1.91. The highest BCUT2D eigenvalue weighted by atomic mass is 16.6. The lowest BCUT2D eigenvalue weighted by Crippen LogP contribution is -2.47. The summed E-state index contributed by atoms with van der Waals surface area (Å²) in [6.45, 7) is 5.08. The Labute approximate surface area is 111 Å². The summed E-state index contributed by atoms with van der Waals surface area (Å²) < 4.78 is 9.67. The number of carboxylic acid groups (broad SMARTS) is 1. The largest absolute Gasteiger partial charge is 0.481 e. The van der Waals surface area contributed by atoms with E-state index in [0.717, 1.165) is 0 Å². The summed E-state index contributed by atoms with van der Waals surface area (Å²) >= 11 is 0. The van der Waals surface area contributed by atoms with E-state index in [4.69, 9.17) is 9.84 Å². The highest BCUT2D eigenvalue weighted by Gasteiger charge is 2.63. The van der Waals surface area contributed by atoms with Crippen molar-refractivity contribution in [1.82, 2.24) is 5.32 Å². The van der Waals surface area contributed by atoms with Crippen LogP contribution in [0.15, 0.2) is 0 Å². The van der Waals surface area contributed by atoms with Crippen LogP contribution in [0.4, 0.5) is 4.79 Å². The molecule has 1 aliphatic rings. The summed E-state index contributed by atoms with van der Waals surface area (Å²) in [5.41, 5.74) is -1.96. The van der Waals surface area contributed by atoms with E-state index in [1.54, 1.807) is 20.8 Å². The fraction of sp³-hybridized carbons (Fsp3) is 0.750. The number of rotatable bonds is 4. The average molecular weight is 273 g/mol. The monoisotopic (exact) mass is 273 g/mol. The zero-order valence-electron chi connectivity index (χ0n) is 11.5. The summed E-state index contributed by atoms with van der Waals surface area (Å²) in [7, 11) is 1.19. The second-order valence-electron chi connectivity index (χ2n) is 5.59. The van der Waals surface area contributed by atoms with Crippen LogP contribution in [0.5, 0.6) is 0 Å². The number of methoxy groups -OCH3 is 1. The van der Waals surface area contributed by atoms with Gasteiger partial charge in [0.15, 0.2) is 0 Å². The predicted octanol–water partition coefficient (Wildman–Crippen LogP) is 0.917. The average Bonchev–Trinajstić information content (AvgIpc) is 2.86. The summed E-state index contributed by atoms with van der Waals surface area (Å²) in [4.78, 5) is 34.0. The smallest absolute Gasteiger partial charge is 0.408 e. The topological polar surface area (TPSA) is 102 Å². The Hall–Kier alpha value is -1.79. The van der Waals surface area contributed by atoms with Crippen LogP contribution in [-0.4, -0.2) is 41.4 Å². The lowest BCUT2D eigenvalue weighted by molar-refractivity contribution is -0.145. The third-order valence-corrected chi connectivity index (χ3v) is 2.80. The van der Waals surface area contributed by atoms with Gasteiger partial charge in [-0.05, 0) is 27.2 Å². The Kier molecular flexibility index (Phi) is 4.07. The molecule has 19 heavy (non-hydrogen) atoms. The van der Waals surface area contributed by atoms with Crippen molar-refractivity contribution < 1.29 is 29.0 Å². The molecule has 0 saturated heterocycles. The molecule has 1 rings (SSSR count). The Bertz CT molecular complexity index is 400. The molecule has 0 aromatic heterocycles. The molecule has 2 atom stereocenters. The van der Waals surface area contributed by atoms with Crippen LogP contribution in [0.2, 0.25) is 0 Å². The fourth-order valence-electron chi connectivity index (χ4n) is 1.91. The van der Waals surface area contributed by atoms with Crippen molar-refractivity contribution in [3.8, 4) is 0 Å². The SMILES string of the molecule is COC(=O)[C@]1(NC(=O)OC(C)(C)C)C[C@H]1CC(=O)O. The van der Waals surface area contributed by atoms with E-state index in [9.17, 15) is 14.4 Å². The second-order valence-corrected chi connectivity index (χ2v) is 5.59. The zero-order chi connectivity index (χ0) is 14.8. The first-order valence-corrected chi connectivity index (χ1v) is 5.92. The highest BCUT2D eigenvalue weighted by molar-refractivity contribution is 5.90. The number of amides is 1. The van der Waals surface area contributed by atoms with Crippen LogP contribution in [0.25, 0.3) is 0 Å². The molecular weight excluding hydrogens is 254 g/mol. The molecule has 1 fully saturated rings. The normalized spacial score (nSPS) is 25.4. The van der Waals surface area contributed by atoms with E-state index in [0.29, 0.717) is 0 Å². The van der Waals surface area contributed by atoms with E-state index in [-0.39, 0.29) is 12.8 Å². The van der Waals surface area contributed by atoms with Crippen LogP contribution >= 0.6 is 0 Å². The van der Waals surface area contributed by atoms with Crippen molar-refractivity contribution in [2.45, 2.75) is 44.8 Å². The van der Waals surface area contributed by atoms with Crippen molar-refractivity contribution in [2.75, 3.05) is 7.11 Å². The van der Waals surface area contributed by atoms with Crippen LogP contribution in [0.3, 0.4) is 0 Å². The number of hydrogen-bond donors (Lipinski definition) is 2. The molecule has 0 aromatic carbocycles. The first-order valence-electron chi connectivity index (χ1n) is 5.92. The molecule has 0 aromatic rings. The Morgan fingerprint density at radius 2 is 1.95 bits per heavy atom. The molecule has 0 bridgehead atoms. The summed E-state index contributed by atoms with van der Waals surface area (Å²) in [6, 6.07) is 0. The summed E-state index contributed by atoms with van der Waals surface area (Å²) in [5, 5.41) is 11.2. The first-order chi connectivity index (χ1) is 8.60. The Balaban J connectivity index is 2.71. The molecular formula is C12H19NO6. The maximum atomic E-state index is 11.7. The molecule has 0 radical (unpaired) electrons. The number of carbonyl (C=O) groups excluding carboxylic acids is 2. The Morgan fingerprint density at radius 1 is 1.37 bits per heavy atom. The van der Waals surface area contributed by atoms with Crippen LogP contribution in [0.1, 0.15) is 33.6 Å². The number of carboxylic acids is 1. The first kappa shape index (κ1) is 15.3. The molecule has 1 aliphatic carbocycles. The standard InChI is InChI=1S/C12H19NO6/c1-11(2,3)19-10(17)13-12(9(16)18-4)6-7(12)5-8(14)15/h7H,5-6H2,1-4H3,(H,13,17)(H,14,15)/t7-,12+/m1/s1. The van der Waals surface area contributed by atoms with Crippen molar-refractivity contribution in [3.05, 3.63) is 0 Å². The minimum atomic E-state index is -1.27. The molecule has 2 N–H and O–H groups in total. The second kappa shape index (κ2) is 5.07. The van der Waals surface area contributed by atoms with E-state index < -0.39 is 35.1 Å². The van der Waals surface area contributed by atoms with E-state index in [1.165, 1.54) is 7.11 Å². The number of hydrogen-bond acceptors (Lipinski definition) is 5. The van der Waals surface area contributed by atoms with Gasteiger partial charge >= 0.3 is 18.0 Å². The molecule has 108 valence electrons. The van der Waals surface area contributed by atoms with E-state index in [1.807, 2.05) is 0 Å². The predicted molar refractivity (Wildman–Crippen MR) is 64.5 cm³/mol. The lowest BCUT2D eigenvalue weighted by atomic mass is 10.1. The van der Waals surface area contributed by atoms with Crippen LogP contribution in [0, 0.1) is 5.92 Å². The van der Waals surface area contributed by atoms with Gasteiger partial charge < -0.3 is 19.9 Å². The molecule has 0 unspecified atom stereocenters. The van der Waals surface area contributed by atoms with Gasteiger partial charge in [-0.3, -0.25) is 4.79 Å². The van der Waals surface area contributed by atoms with Crippen molar-refractivity contribution in [1.29, 1.82) is 0 Å². The van der Waals surface area contributed by atoms with E-state index >= 15 is 0 Å². The van der Waals surface area contributed by atoms with Gasteiger partial charge in [0.2, 0.25) is 0 Å². The maximum Gasteiger partial charge on any atom is 0.408 e. The highest BCUT2D eigenvalue weighted by Crippen LogP contribution is 2.47. The minimum absolute atomic E-state index is 0.203. The zero-order valence-corrected chi connectivity index (χ0v) is 11.5. The number of alkyl carbamates (subject to hydrolysis) is 1. The van der Waals surface area contributed by atoms with Crippen molar-refractivity contribution in [3.63, 3.8) is 0 Å². The molecule has 0 aliphatic heterocycles. The molecule has 0 spiro atoms. The van der Waals surface area contributed by atoms with Gasteiger partial charge in [0.1, 0.15) is 11.1 Å². The minimum Gasteiger partial charge on any atom is -0.481 e. The molecule has 7 nitrogen and oxygen atoms in total. The number of nitrogens with one attached hydrogen (secondary N) is 1. The summed E-state index contributed by atoms with van der Waals surface area (Å²) in [5.74, 6) is -2.14. The van der Waals surface area contributed by atoms with Crippen molar-refractivity contribution in [2.24, 2.45) is 5.92 Å². The van der Waals surface area contributed by atoms with Gasteiger partial charge in [-0.2, -0.15) is 0 Å². The lowest BCUT2D eigenvalue weighted by Gasteiger charge is -2.23. The Morgan fingerprint density at radius 3 is 2.37 bits per heavy atom.